The predicted molar refractivity (Wildman–Crippen MR) is 79.6 cm³/mol. The molecule has 0 fully saturated rings. The van der Waals surface area contributed by atoms with Crippen LogP contribution in [0.3, 0.4) is 0 Å². The van der Waals surface area contributed by atoms with Gasteiger partial charge >= 0.3 is 5.97 Å². The Kier molecular flexibility index (Phi) is 7.35. The largest absolute Gasteiger partial charge is 0.466 e. The second-order valence-electron chi connectivity index (χ2n) is 5.29. The summed E-state index contributed by atoms with van der Waals surface area (Å²) >= 11 is 0. The molecule has 1 aliphatic heterocycles. The molecule has 0 saturated carbocycles. The van der Waals surface area contributed by atoms with Gasteiger partial charge in [-0.25, -0.2) is 0 Å². The van der Waals surface area contributed by atoms with Crippen LogP contribution in [0.1, 0.15) is 46.5 Å². The highest BCUT2D eigenvalue weighted by Crippen LogP contribution is 2.39. The van der Waals surface area contributed by atoms with E-state index in [1.165, 1.54) is 0 Å². The van der Waals surface area contributed by atoms with Crippen LogP contribution in [-0.2, 0) is 23.7 Å². The molecule has 1 heterocycles. The van der Waals surface area contributed by atoms with Gasteiger partial charge in [-0.3, -0.25) is 4.79 Å². The van der Waals surface area contributed by atoms with Crippen molar-refractivity contribution in [3.05, 3.63) is 11.6 Å². The van der Waals surface area contributed by atoms with Crippen molar-refractivity contribution in [3.63, 3.8) is 0 Å². The molecule has 0 aromatic rings. The van der Waals surface area contributed by atoms with Gasteiger partial charge in [-0.05, 0) is 26.3 Å². The van der Waals surface area contributed by atoms with Crippen molar-refractivity contribution in [2.24, 2.45) is 5.92 Å². The van der Waals surface area contributed by atoms with E-state index in [1.807, 2.05) is 19.9 Å². The summed E-state index contributed by atoms with van der Waals surface area (Å²) in [5.74, 6) is -1.50. The summed E-state index contributed by atoms with van der Waals surface area (Å²) in [6.45, 7) is 6.13. The molecule has 21 heavy (non-hydrogen) atoms. The molecule has 3 unspecified atom stereocenters. The monoisotopic (exact) mass is 300 g/mol. The lowest BCUT2D eigenvalue weighted by molar-refractivity contribution is -0.239. The van der Waals surface area contributed by atoms with Crippen LogP contribution in [-0.4, -0.2) is 38.9 Å². The molecule has 3 atom stereocenters. The number of esters is 1. The minimum atomic E-state index is -0.940. The van der Waals surface area contributed by atoms with Crippen LogP contribution in [0.25, 0.3) is 0 Å². The number of hydrogen-bond acceptors (Lipinski definition) is 5. The molecular formula is C16H28O5. The molecule has 5 nitrogen and oxygen atoms in total. The van der Waals surface area contributed by atoms with Gasteiger partial charge in [0, 0.05) is 19.8 Å². The molecule has 0 N–H and O–H groups in total. The smallest absolute Gasteiger partial charge is 0.313 e. The summed E-state index contributed by atoms with van der Waals surface area (Å²) in [6.07, 6.45) is 5.23. The van der Waals surface area contributed by atoms with Gasteiger partial charge in [0.1, 0.15) is 0 Å². The molecule has 0 radical (unpaired) electrons. The highest BCUT2D eigenvalue weighted by Gasteiger charge is 2.44. The molecule has 122 valence electrons. The van der Waals surface area contributed by atoms with Gasteiger partial charge in [-0.2, -0.15) is 0 Å². The van der Waals surface area contributed by atoms with Crippen LogP contribution in [0.15, 0.2) is 11.6 Å². The van der Waals surface area contributed by atoms with E-state index in [0.29, 0.717) is 6.61 Å². The second kappa shape index (κ2) is 8.51. The van der Waals surface area contributed by atoms with Gasteiger partial charge in [0.15, 0.2) is 12.1 Å². The van der Waals surface area contributed by atoms with E-state index in [9.17, 15) is 4.79 Å². The molecule has 0 aromatic carbocycles. The van der Waals surface area contributed by atoms with Crippen molar-refractivity contribution >= 4 is 5.97 Å². The minimum absolute atomic E-state index is 0.219. The first-order chi connectivity index (χ1) is 10.0. The van der Waals surface area contributed by atoms with E-state index in [4.69, 9.17) is 18.9 Å². The predicted octanol–water partition coefficient (Wildman–Crippen LogP) is 3.04. The van der Waals surface area contributed by atoms with Crippen LogP contribution in [0, 0.1) is 5.92 Å². The number of rotatable bonds is 9. The second-order valence-corrected chi connectivity index (χ2v) is 5.29. The average molecular weight is 300 g/mol. The summed E-state index contributed by atoms with van der Waals surface area (Å²) in [5.41, 5.74) is 0.798. The van der Waals surface area contributed by atoms with Crippen LogP contribution in [0.2, 0.25) is 0 Å². The Hall–Kier alpha value is -0.910. The zero-order valence-corrected chi connectivity index (χ0v) is 13.8. The van der Waals surface area contributed by atoms with E-state index < -0.39 is 12.1 Å². The Labute approximate surface area is 127 Å². The van der Waals surface area contributed by atoms with Crippen molar-refractivity contribution in [2.75, 3.05) is 20.8 Å². The van der Waals surface area contributed by atoms with E-state index in [1.54, 1.807) is 14.2 Å². The maximum atomic E-state index is 12.3. The first kappa shape index (κ1) is 18.1. The van der Waals surface area contributed by atoms with E-state index in [2.05, 4.69) is 6.92 Å². The van der Waals surface area contributed by atoms with Gasteiger partial charge in [-0.1, -0.05) is 26.2 Å². The zero-order valence-electron chi connectivity index (χ0n) is 13.8. The average Bonchev–Trinajstić information content (AvgIpc) is 2.81. The fourth-order valence-corrected chi connectivity index (χ4v) is 2.58. The Balaban J connectivity index is 2.95. The quantitative estimate of drug-likeness (QED) is 0.372. The lowest BCUT2D eigenvalue weighted by atomic mass is 9.88. The van der Waals surface area contributed by atoms with Crippen molar-refractivity contribution in [1.82, 2.24) is 0 Å². The van der Waals surface area contributed by atoms with Gasteiger partial charge in [-0.15, -0.1) is 0 Å². The van der Waals surface area contributed by atoms with Crippen molar-refractivity contribution in [3.8, 4) is 0 Å². The Morgan fingerprint density at radius 1 is 1.38 bits per heavy atom. The number of carbonyl (C=O) groups is 1. The summed E-state index contributed by atoms with van der Waals surface area (Å²) in [7, 11) is 3.14. The summed E-state index contributed by atoms with van der Waals surface area (Å²) in [6, 6.07) is 0. The van der Waals surface area contributed by atoms with Crippen molar-refractivity contribution < 1.29 is 23.7 Å². The fraction of sp³-hybridized carbons (Fsp3) is 0.812. The first-order valence-corrected chi connectivity index (χ1v) is 7.66. The number of hydrogen-bond donors (Lipinski definition) is 0. The molecule has 0 aliphatic carbocycles. The van der Waals surface area contributed by atoms with Gasteiger partial charge in [0.2, 0.25) is 0 Å². The van der Waals surface area contributed by atoms with Gasteiger partial charge in [0.25, 0.3) is 0 Å². The zero-order chi connectivity index (χ0) is 15.9. The summed E-state index contributed by atoms with van der Waals surface area (Å²) in [5, 5.41) is 0. The standard InChI is InChI=1S/C16H28O5/c1-6-8-9-10-12(15(17)20-7-2)13-11-14(18-4)21-16(13,3)19-5/h11-12,14H,6-10H2,1-5H3. The summed E-state index contributed by atoms with van der Waals surface area (Å²) in [4.78, 5) is 12.3. The molecule has 0 saturated heterocycles. The Morgan fingerprint density at radius 2 is 2.10 bits per heavy atom. The van der Waals surface area contributed by atoms with Crippen molar-refractivity contribution in [2.45, 2.75) is 58.5 Å². The first-order valence-electron chi connectivity index (χ1n) is 7.66. The molecule has 1 aliphatic rings. The van der Waals surface area contributed by atoms with E-state index >= 15 is 0 Å². The molecule has 0 spiro atoms. The third-order valence-electron chi connectivity index (χ3n) is 3.85. The lowest BCUT2D eigenvalue weighted by Gasteiger charge is -2.30. The number of ether oxygens (including phenoxy) is 4. The maximum absolute atomic E-state index is 12.3. The summed E-state index contributed by atoms with van der Waals surface area (Å²) < 4.78 is 21.7. The van der Waals surface area contributed by atoms with Crippen molar-refractivity contribution in [1.29, 1.82) is 0 Å². The lowest BCUT2D eigenvalue weighted by Crippen LogP contribution is -2.37. The van der Waals surface area contributed by atoms with E-state index in [0.717, 1.165) is 31.3 Å². The normalized spacial score (nSPS) is 26.5. The number of unbranched alkanes of at least 4 members (excludes halogenated alkanes) is 2. The maximum Gasteiger partial charge on any atom is 0.313 e. The van der Waals surface area contributed by atoms with Crippen LogP contribution in [0.5, 0.6) is 0 Å². The SMILES string of the molecule is CCCCCC(C(=O)OCC)C1=CC(OC)OC1(C)OC. The molecule has 1 rings (SSSR count). The number of methoxy groups -OCH3 is 2. The van der Waals surface area contributed by atoms with E-state index in [-0.39, 0.29) is 11.9 Å². The molecule has 0 amide bonds. The van der Waals surface area contributed by atoms with Gasteiger partial charge < -0.3 is 18.9 Å². The molecular weight excluding hydrogens is 272 g/mol. The van der Waals surface area contributed by atoms with Crippen LogP contribution in [0.4, 0.5) is 0 Å². The Morgan fingerprint density at radius 3 is 2.62 bits per heavy atom. The topological polar surface area (TPSA) is 54.0 Å². The third-order valence-corrected chi connectivity index (χ3v) is 3.85. The van der Waals surface area contributed by atoms with Gasteiger partial charge in [0.05, 0.1) is 12.5 Å². The fourth-order valence-electron chi connectivity index (χ4n) is 2.58. The Bertz CT molecular complexity index is 366. The van der Waals surface area contributed by atoms with Crippen LogP contribution < -0.4 is 0 Å². The highest BCUT2D eigenvalue weighted by molar-refractivity contribution is 5.76. The molecule has 0 bridgehead atoms. The number of carbonyl (C=O) groups excluding carboxylic acids is 1. The van der Waals surface area contributed by atoms with Crippen LogP contribution >= 0.6 is 0 Å². The molecule has 0 aromatic heterocycles. The highest BCUT2D eigenvalue weighted by atomic mass is 16.8. The minimum Gasteiger partial charge on any atom is -0.466 e. The molecule has 5 heteroatoms. The third kappa shape index (κ3) is 4.53.